The quantitative estimate of drug-likeness (QED) is 0.801. The van der Waals surface area contributed by atoms with Gasteiger partial charge in [0.2, 0.25) is 5.91 Å². The van der Waals surface area contributed by atoms with Gasteiger partial charge >= 0.3 is 0 Å². The summed E-state index contributed by atoms with van der Waals surface area (Å²) >= 11 is 0. The molecule has 0 aromatic carbocycles. The SMILES string of the molecule is CC(C)CC1NC(C)N(C(C)CC(C)C)C1=O. The first-order valence-corrected chi connectivity index (χ1v) is 6.91. The number of rotatable bonds is 5. The van der Waals surface area contributed by atoms with Crippen molar-refractivity contribution in [2.45, 2.75) is 72.6 Å². The van der Waals surface area contributed by atoms with Gasteiger partial charge in [-0.25, -0.2) is 0 Å². The molecule has 17 heavy (non-hydrogen) atoms. The third kappa shape index (κ3) is 3.70. The van der Waals surface area contributed by atoms with Crippen LogP contribution in [0.2, 0.25) is 0 Å². The molecule has 0 aromatic heterocycles. The van der Waals surface area contributed by atoms with Gasteiger partial charge in [0, 0.05) is 6.04 Å². The molecule has 100 valence electrons. The molecule has 0 aliphatic carbocycles. The maximum absolute atomic E-state index is 12.3. The lowest BCUT2D eigenvalue weighted by atomic mass is 10.0. The second-order valence-corrected chi connectivity index (χ2v) is 6.25. The summed E-state index contributed by atoms with van der Waals surface area (Å²) in [5.41, 5.74) is 0. The number of carbonyl (C=O) groups excluding carboxylic acids is 1. The van der Waals surface area contributed by atoms with E-state index in [9.17, 15) is 4.79 Å². The Morgan fingerprint density at radius 2 is 1.76 bits per heavy atom. The average molecular weight is 240 g/mol. The highest BCUT2D eigenvalue weighted by atomic mass is 16.2. The minimum atomic E-state index is 0.0274. The molecule has 0 bridgehead atoms. The summed E-state index contributed by atoms with van der Waals surface area (Å²) in [7, 11) is 0. The first-order valence-electron chi connectivity index (χ1n) is 6.91. The van der Waals surface area contributed by atoms with Crippen molar-refractivity contribution in [2.75, 3.05) is 0 Å². The van der Waals surface area contributed by atoms with Gasteiger partial charge in [-0.05, 0) is 38.5 Å². The first-order chi connectivity index (χ1) is 7.82. The third-order valence-corrected chi connectivity index (χ3v) is 3.41. The Balaban J connectivity index is 2.64. The number of hydrogen-bond acceptors (Lipinski definition) is 2. The van der Waals surface area contributed by atoms with Crippen molar-refractivity contribution in [1.29, 1.82) is 0 Å². The van der Waals surface area contributed by atoms with Crippen molar-refractivity contribution in [3.05, 3.63) is 0 Å². The lowest BCUT2D eigenvalue weighted by molar-refractivity contribution is -0.132. The maximum Gasteiger partial charge on any atom is 0.241 e. The van der Waals surface area contributed by atoms with E-state index < -0.39 is 0 Å². The summed E-state index contributed by atoms with van der Waals surface area (Å²) in [6.45, 7) is 13.0. The summed E-state index contributed by atoms with van der Waals surface area (Å²) in [6, 6.07) is 0.363. The van der Waals surface area contributed by atoms with E-state index in [2.05, 4.69) is 46.9 Å². The van der Waals surface area contributed by atoms with Crippen molar-refractivity contribution < 1.29 is 4.79 Å². The molecule has 0 spiro atoms. The minimum absolute atomic E-state index is 0.0274. The molecular weight excluding hydrogens is 212 g/mol. The van der Waals surface area contributed by atoms with E-state index in [0.717, 1.165) is 12.8 Å². The fraction of sp³-hybridized carbons (Fsp3) is 0.929. The molecule has 0 aromatic rings. The van der Waals surface area contributed by atoms with Crippen LogP contribution in [-0.4, -0.2) is 29.1 Å². The van der Waals surface area contributed by atoms with E-state index in [1.165, 1.54) is 0 Å². The molecule has 0 saturated carbocycles. The molecule has 1 N–H and O–H groups in total. The van der Waals surface area contributed by atoms with Crippen molar-refractivity contribution in [1.82, 2.24) is 10.2 Å². The standard InChI is InChI=1S/C14H28N2O/c1-9(2)7-11(5)16-12(6)15-13(14(16)17)8-10(3)4/h9-13,15H,7-8H2,1-6H3. The summed E-state index contributed by atoms with van der Waals surface area (Å²) < 4.78 is 0. The van der Waals surface area contributed by atoms with Crippen LogP contribution in [-0.2, 0) is 4.79 Å². The third-order valence-electron chi connectivity index (χ3n) is 3.41. The van der Waals surface area contributed by atoms with Gasteiger partial charge in [-0.1, -0.05) is 27.7 Å². The van der Waals surface area contributed by atoms with Gasteiger partial charge in [-0.2, -0.15) is 0 Å². The fourth-order valence-electron chi connectivity index (χ4n) is 2.85. The Bertz CT molecular complexity index is 263. The van der Waals surface area contributed by atoms with Crippen LogP contribution in [0.15, 0.2) is 0 Å². The molecule has 1 amide bonds. The molecule has 1 rings (SSSR count). The van der Waals surface area contributed by atoms with E-state index in [-0.39, 0.29) is 12.2 Å². The molecule has 1 fully saturated rings. The number of nitrogens with one attached hydrogen (secondary N) is 1. The van der Waals surface area contributed by atoms with Crippen molar-refractivity contribution >= 4 is 5.91 Å². The van der Waals surface area contributed by atoms with Gasteiger partial charge in [-0.15, -0.1) is 0 Å². The first kappa shape index (κ1) is 14.5. The summed E-state index contributed by atoms with van der Waals surface area (Å²) in [6.07, 6.45) is 2.19. The second kappa shape index (κ2) is 5.85. The van der Waals surface area contributed by atoms with Crippen LogP contribution in [0.25, 0.3) is 0 Å². The van der Waals surface area contributed by atoms with Crippen LogP contribution >= 0.6 is 0 Å². The predicted molar refractivity (Wildman–Crippen MR) is 71.6 cm³/mol. The van der Waals surface area contributed by atoms with Gasteiger partial charge in [-0.3, -0.25) is 10.1 Å². The van der Waals surface area contributed by atoms with Gasteiger partial charge in [0.1, 0.15) is 0 Å². The highest BCUT2D eigenvalue weighted by Gasteiger charge is 2.38. The summed E-state index contributed by atoms with van der Waals surface area (Å²) in [4.78, 5) is 14.4. The Morgan fingerprint density at radius 1 is 1.18 bits per heavy atom. The molecule has 3 nitrogen and oxygen atoms in total. The van der Waals surface area contributed by atoms with Gasteiger partial charge in [0.15, 0.2) is 0 Å². The topological polar surface area (TPSA) is 32.3 Å². The largest absolute Gasteiger partial charge is 0.323 e. The van der Waals surface area contributed by atoms with Gasteiger partial charge in [0.05, 0.1) is 12.2 Å². The molecule has 0 radical (unpaired) electrons. The minimum Gasteiger partial charge on any atom is -0.323 e. The summed E-state index contributed by atoms with van der Waals surface area (Å²) in [5, 5.41) is 3.42. The van der Waals surface area contributed by atoms with Crippen LogP contribution < -0.4 is 5.32 Å². The van der Waals surface area contributed by atoms with Crippen molar-refractivity contribution in [2.24, 2.45) is 11.8 Å². The second-order valence-electron chi connectivity index (χ2n) is 6.25. The van der Waals surface area contributed by atoms with E-state index in [4.69, 9.17) is 0 Å². The van der Waals surface area contributed by atoms with Crippen LogP contribution in [0.5, 0.6) is 0 Å². The predicted octanol–water partition coefficient (Wildman–Crippen LogP) is 2.61. The lowest BCUT2D eigenvalue weighted by Gasteiger charge is -2.29. The number of carbonyl (C=O) groups is 1. The normalized spacial score (nSPS) is 27.3. The smallest absolute Gasteiger partial charge is 0.241 e. The van der Waals surface area contributed by atoms with Gasteiger partial charge < -0.3 is 4.90 Å². The zero-order valence-corrected chi connectivity index (χ0v) is 12.2. The zero-order chi connectivity index (χ0) is 13.2. The van der Waals surface area contributed by atoms with E-state index in [1.54, 1.807) is 0 Å². The number of amides is 1. The Morgan fingerprint density at radius 3 is 2.24 bits per heavy atom. The molecule has 1 aliphatic heterocycles. The molecule has 1 aliphatic rings. The lowest BCUT2D eigenvalue weighted by Crippen LogP contribution is -2.42. The molecule has 3 unspecified atom stereocenters. The Hall–Kier alpha value is -0.570. The Kier molecular flexibility index (Phi) is 4.99. The molecular formula is C14H28N2O. The number of hydrogen-bond donors (Lipinski definition) is 1. The summed E-state index contributed by atoms with van der Waals surface area (Å²) in [5.74, 6) is 1.48. The van der Waals surface area contributed by atoms with E-state index >= 15 is 0 Å². The highest BCUT2D eigenvalue weighted by Crippen LogP contribution is 2.22. The van der Waals surface area contributed by atoms with Gasteiger partial charge in [0.25, 0.3) is 0 Å². The van der Waals surface area contributed by atoms with E-state index in [0.29, 0.717) is 23.8 Å². The van der Waals surface area contributed by atoms with Crippen LogP contribution in [0, 0.1) is 11.8 Å². The van der Waals surface area contributed by atoms with E-state index in [1.807, 2.05) is 4.90 Å². The number of nitrogens with zero attached hydrogens (tertiary/aromatic N) is 1. The average Bonchev–Trinajstić information content (AvgIpc) is 2.39. The molecule has 3 atom stereocenters. The monoisotopic (exact) mass is 240 g/mol. The molecule has 1 heterocycles. The molecule has 3 heteroatoms. The van der Waals surface area contributed by atoms with Crippen molar-refractivity contribution in [3.63, 3.8) is 0 Å². The maximum atomic E-state index is 12.3. The highest BCUT2D eigenvalue weighted by molar-refractivity contribution is 5.84. The zero-order valence-electron chi connectivity index (χ0n) is 12.2. The molecule has 1 saturated heterocycles. The fourth-order valence-corrected chi connectivity index (χ4v) is 2.85. The Labute approximate surface area is 106 Å². The van der Waals surface area contributed by atoms with Crippen LogP contribution in [0.3, 0.4) is 0 Å². The van der Waals surface area contributed by atoms with Crippen LogP contribution in [0.4, 0.5) is 0 Å². The van der Waals surface area contributed by atoms with Crippen molar-refractivity contribution in [3.8, 4) is 0 Å². The van der Waals surface area contributed by atoms with Crippen LogP contribution in [0.1, 0.15) is 54.4 Å².